The van der Waals surface area contributed by atoms with E-state index >= 15 is 0 Å². The lowest BCUT2D eigenvalue weighted by atomic mass is 10.2. The molecular weight excluding hydrogens is 264 g/mol. The summed E-state index contributed by atoms with van der Waals surface area (Å²) in [4.78, 5) is 8.17. The van der Waals surface area contributed by atoms with Crippen molar-refractivity contribution >= 4 is 17.4 Å². The lowest BCUT2D eigenvalue weighted by Crippen LogP contribution is -2.06. The lowest BCUT2D eigenvalue weighted by Gasteiger charge is -2.10. The van der Waals surface area contributed by atoms with Crippen LogP contribution in [0.1, 0.15) is 44.6 Å². The molecule has 0 aliphatic rings. The van der Waals surface area contributed by atoms with E-state index in [2.05, 4.69) is 22.0 Å². The van der Waals surface area contributed by atoms with Gasteiger partial charge in [-0.15, -0.1) is 0 Å². The Balaban J connectivity index is 1.99. The molecule has 0 saturated heterocycles. The number of hydrogen-bond donors (Lipinski definition) is 0. The van der Waals surface area contributed by atoms with Crippen LogP contribution in [0.4, 0.5) is 0 Å². The lowest BCUT2D eigenvalue weighted by molar-refractivity contribution is 0.283. The molecule has 0 unspecified atom stereocenters. The maximum absolute atomic E-state index is 6.06. The van der Waals surface area contributed by atoms with Gasteiger partial charge in [0, 0.05) is 5.56 Å². The van der Waals surface area contributed by atoms with Crippen molar-refractivity contribution < 1.29 is 4.74 Å². The largest absolute Gasteiger partial charge is 0.477 e. The summed E-state index contributed by atoms with van der Waals surface area (Å²) in [5.41, 5.74) is 0.799. The number of unbranched alkanes of at least 4 members (excludes halogenated alkanes) is 4. The molecule has 0 radical (unpaired) electrons. The summed E-state index contributed by atoms with van der Waals surface area (Å²) >= 11 is 6.06. The van der Waals surface area contributed by atoms with Crippen LogP contribution in [-0.2, 0) is 0 Å². The van der Waals surface area contributed by atoms with Gasteiger partial charge in [-0.2, -0.15) is 19.6 Å². The quantitative estimate of drug-likeness (QED) is 0.577. The highest BCUT2D eigenvalue weighted by Crippen LogP contribution is 2.24. The van der Waals surface area contributed by atoms with E-state index in [0.29, 0.717) is 23.4 Å². The topological polar surface area (TPSA) is 52.3 Å². The summed E-state index contributed by atoms with van der Waals surface area (Å²) in [5.74, 6) is 1.11. The highest BCUT2D eigenvalue weighted by Gasteiger charge is 2.13. The number of nitrogens with zero attached hydrogens (tertiary/aromatic N) is 4. The van der Waals surface area contributed by atoms with Crippen LogP contribution in [0.2, 0.25) is 5.15 Å². The monoisotopic (exact) mass is 282 g/mol. The Bertz CT molecular complexity index is 541. The molecule has 2 aromatic heterocycles. The molecule has 104 valence electrons. The Morgan fingerprint density at radius 1 is 1.26 bits per heavy atom. The van der Waals surface area contributed by atoms with Gasteiger partial charge in [-0.05, 0) is 13.3 Å². The van der Waals surface area contributed by atoms with Gasteiger partial charge in [0.25, 0.3) is 5.78 Å². The molecule has 0 saturated carbocycles. The summed E-state index contributed by atoms with van der Waals surface area (Å²) in [6.07, 6.45) is 7.47. The molecule has 0 N–H and O–H groups in total. The van der Waals surface area contributed by atoms with Crippen LogP contribution < -0.4 is 4.74 Å². The molecule has 0 aromatic carbocycles. The number of ether oxygens (including phenoxy) is 1. The zero-order valence-corrected chi connectivity index (χ0v) is 12.2. The molecule has 0 spiro atoms. The van der Waals surface area contributed by atoms with E-state index in [1.807, 2.05) is 6.92 Å². The third-order valence-corrected chi connectivity index (χ3v) is 3.41. The van der Waals surface area contributed by atoms with Gasteiger partial charge in [0.1, 0.15) is 11.5 Å². The maximum atomic E-state index is 6.06. The molecule has 0 aliphatic carbocycles. The maximum Gasteiger partial charge on any atom is 0.256 e. The van der Waals surface area contributed by atoms with Crippen molar-refractivity contribution in [2.24, 2.45) is 0 Å². The van der Waals surface area contributed by atoms with Crippen LogP contribution in [0.3, 0.4) is 0 Å². The second kappa shape index (κ2) is 6.70. The first-order chi connectivity index (χ1) is 9.24. The average Bonchev–Trinajstić information content (AvgIpc) is 2.85. The van der Waals surface area contributed by atoms with Gasteiger partial charge in [-0.3, -0.25) is 0 Å². The van der Waals surface area contributed by atoms with E-state index in [4.69, 9.17) is 16.3 Å². The van der Waals surface area contributed by atoms with Crippen molar-refractivity contribution in [3.8, 4) is 5.88 Å². The van der Waals surface area contributed by atoms with Gasteiger partial charge in [-0.1, -0.05) is 44.2 Å². The smallest absolute Gasteiger partial charge is 0.256 e. The Morgan fingerprint density at radius 2 is 2.05 bits per heavy atom. The molecule has 6 heteroatoms. The minimum absolute atomic E-state index is 0.418. The molecule has 0 fully saturated rings. The Hall–Kier alpha value is -1.36. The van der Waals surface area contributed by atoms with Crippen molar-refractivity contribution in [1.82, 2.24) is 19.6 Å². The molecule has 0 amide bonds. The fourth-order valence-electron chi connectivity index (χ4n) is 1.92. The molecular formula is C13H19ClN4O. The van der Waals surface area contributed by atoms with Crippen molar-refractivity contribution in [3.63, 3.8) is 0 Å². The molecule has 5 nitrogen and oxygen atoms in total. The van der Waals surface area contributed by atoms with E-state index in [9.17, 15) is 0 Å². The van der Waals surface area contributed by atoms with Crippen molar-refractivity contribution in [2.75, 3.05) is 6.61 Å². The van der Waals surface area contributed by atoms with E-state index in [-0.39, 0.29) is 0 Å². The van der Waals surface area contributed by atoms with Crippen LogP contribution in [0.15, 0.2) is 6.33 Å². The van der Waals surface area contributed by atoms with Crippen molar-refractivity contribution in [3.05, 3.63) is 17.0 Å². The zero-order chi connectivity index (χ0) is 13.7. The molecule has 19 heavy (non-hydrogen) atoms. The van der Waals surface area contributed by atoms with E-state index in [1.165, 1.54) is 32.0 Å². The first-order valence-corrected chi connectivity index (χ1v) is 7.10. The zero-order valence-electron chi connectivity index (χ0n) is 11.4. The Labute approximate surface area is 118 Å². The summed E-state index contributed by atoms with van der Waals surface area (Å²) in [6, 6.07) is 0. The first kappa shape index (κ1) is 14.1. The van der Waals surface area contributed by atoms with Crippen LogP contribution in [0, 0.1) is 6.92 Å². The van der Waals surface area contributed by atoms with E-state index in [1.54, 1.807) is 4.52 Å². The van der Waals surface area contributed by atoms with Gasteiger partial charge < -0.3 is 4.74 Å². The van der Waals surface area contributed by atoms with Crippen LogP contribution in [-0.4, -0.2) is 26.2 Å². The van der Waals surface area contributed by atoms with Crippen molar-refractivity contribution in [2.45, 2.75) is 46.0 Å². The van der Waals surface area contributed by atoms with Gasteiger partial charge in [0.05, 0.1) is 6.61 Å². The van der Waals surface area contributed by atoms with Crippen molar-refractivity contribution in [1.29, 1.82) is 0 Å². The van der Waals surface area contributed by atoms with Crippen LogP contribution >= 0.6 is 11.6 Å². The van der Waals surface area contributed by atoms with Gasteiger partial charge >= 0.3 is 0 Å². The van der Waals surface area contributed by atoms with Crippen LogP contribution in [0.5, 0.6) is 5.88 Å². The minimum Gasteiger partial charge on any atom is -0.477 e. The fourth-order valence-corrected chi connectivity index (χ4v) is 2.07. The van der Waals surface area contributed by atoms with Gasteiger partial charge in [0.15, 0.2) is 0 Å². The second-order valence-electron chi connectivity index (χ2n) is 4.57. The summed E-state index contributed by atoms with van der Waals surface area (Å²) in [5, 5.41) is 4.53. The standard InChI is InChI=1S/C13H19ClN4O/c1-3-4-5-6-7-8-19-12-10(2)11(14)17-13-15-9-16-18(12)13/h9H,3-8H2,1-2H3. The Morgan fingerprint density at radius 3 is 2.84 bits per heavy atom. The second-order valence-corrected chi connectivity index (χ2v) is 4.93. The number of rotatable bonds is 7. The normalized spacial score (nSPS) is 11.1. The predicted octanol–water partition coefficient (Wildman–Crippen LogP) is 3.44. The number of hydrogen-bond acceptors (Lipinski definition) is 4. The van der Waals surface area contributed by atoms with Crippen LogP contribution in [0.25, 0.3) is 5.78 Å². The minimum atomic E-state index is 0.418. The molecule has 0 aliphatic heterocycles. The first-order valence-electron chi connectivity index (χ1n) is 6.72. The average molecular weight is 283 g/mol. The van der Waals surface area contributed by atoms with Gasteiger partial charge in [0.2, 0.25) is 5.88 Å². The van der Waals surface area contributed by atoms with E-state index in [0.717, 1.165) is 12.0 Å². The molecule has 2 aromatic rings. The number of aromatic nitrogens is 4. The summed E-state index contributed by atoms with van der Waals surface area (Å²) in [6.45, 7) is 4.75. The third kappa shape index (κ3) is 3.35. The highest BCUT2D eigenvalue weighted by atomic mass is 35.5. The summed E-state index contributed by atoms with van der Waals surface area (Å²) in [7, 11) is 0. The summed E-state index contributed by atoms with van der Waals surface area (Å²) < 4.78 is 7.40. The van der Waals surface area contributed by atoms with Gasteiger partial charge in [-0.25, -0.2) is 0 Å². The van der Waals surface area contributed by atoms with E-state index < -0.39 is 0 Å². The molecule has 2 rings (SSSR count). The molecule has 0 atom stereocenters. The molecule has 2 heterocycles. The Kier molecular flexibility index (Phi) is 4.96. The number of halogens is 1. The fraction of sp³-hybridized carbons (Fsp3) is 0.615. The third-order valence-electron chi connectivity index (χ3n) is 3.04. The SMILES string of the molecule is CCCCCCCOc1c(C)c(Cl)nc2ncnn12. The predicted molar refractivity (Wildman–Crippen MR) is 74.8 cm³/mol. The highest BCUT2D eigenvalue weighted by molar-refractivity contribution is 6.30. The number of fused-ring (bicyclic) bond motifs is 1. The molecule has 0 bridgehead atoms.